The van der Waals surface area contributed by atoms with Crippen molar-refractivity contribution in [2.45, 2.75) is 0 Å². The molecule has 0 fully saturated rings. The van der Waals surface area contributed by atoms with Crippen molar-refractivity contribution in [3.8, 4) is 0 Å². The van der Waals surface area contributed by atoms with Crippen molar-refractivity contribution in [3.63, 3.8) is 0 Å². The van der Waals surface area contributed by atoms with Crippen LogP contribution in [-0.4, -0.2) is 4.98 Å². The van der Waals surface area contributed by atoms with Crippen LogP contribution in [0.5, 0.6) is 0 Å². The molecule has 1 aromatic carbocycles. The zero-order chi connectivity index (χ0) is 12.7. The van der Waals surface area contributed by atoms with E-state index in [-0.39, 0.29) is 10.8 Å². The molecule has 3 aromatic rings. The van der Waals surface area contributed by atoms with Crippen LogP contribution < -0.4 is 10.9 Å². The molecule has 0 saturated carbocycles. The Morgan fingerprint density at radius 3 is 2.61 bits per heavy atom. The van der Waals surface area contributed by atoms with Gasteiger partial charge in [0.1, 0.15) is 5.58 Å². The van der Waals surface area contributed by atoms with E-state index < -0.39 is 10.9 Å². The topological polar surface area (TPSA) is 60.2 Å². The van der Waals surface area contributed by atoms with Gasteiger partial charge in [-0.15, -0.1) is 0 Å². The van der Waals surface area contributed by atoms with Gasteiger partial charge < -0.3 is 4.42 Å². The lowest BCUT2D eigenvalue weighted by Crippen LogP contribution is -2.21. The van der Waals surface area contributed by atoms with E-state index in [4.69, 9.17) is 4.42 Å². The van der Waals surface area contributed by atoms with Crippen LogP contribution in [0.15, 0.2) is 55.1 Å². The van der Waals surface area contributed by atoms with E-state index in [0.717, 1.165) is 4.47 Å². The summed E-state index contributed by atoms with van der Waals surface area (Å²) in [4.78, 5) is 28.0. The first-order valence-electron chi connectivity index (χ1n) is 5.17. The summed E-state index contributed by atoms with van der Waals surface area (Å²) in [5.41, 5.74) is -0.485. The Labute approximate surface area is 109 Å². The average molecular weight is 304 g/mol. The van der Waals surface area contributed by atoms with E-state index >= 15 is 0 Å². The SMILES string of the molecule is O=c1c(=O)c2cc(Br)ccc2oc2cnccc12. The van der Waals surface area contributed by atoms with Gasteiger partial charge in [0.25, 0.3) is 0 Å². The maximum atomic E-state index is 12.1. The molecule has 5 heteroatoms. The standard InChI is InChI=1S/C13H6BrNO3/c14-7-1-2-10-9(5-7)13(17)12(16)8-3-4-15-6-11(8)18-10/h1-6H. The third-order valence-corrected chi connectivity index (χ3v) is 3.13. The largest absolute Gasteiger partial charge is 0.454 e. The molecule has 0 aliphatic carbocycles. The number of halogens is 1. The van der Waals surface area contributed by atoms with Gasteiger partial charge in [0.05, 0.1) is 17.0 Å². The number of rotatable bonds is 0. The molecule has 2 heterocycles. The summed E-state index contributed by atoms with van der Waals surface area (Å²) in [6.45, 7) is 0. The number of benzene rings is 1. The number of hydrogen-bond donors (Lipinski definition) is 0. The van der Waals surface area contributed by atoms with Gasteiger partial charge in [0.15, 0.2) is 5.58 Å². The van der Waals surface area contributed by atoms with Crippen LogP contribution in [0, 0.1) is 0 Å². The minimum Gasteiger partial charge on any atom is -0.454 e. The van der Waals surface area contributed by atoms with Crippen LogP contribution in [0.1, 0.15) is 0 Å². The molecular weight excluding hydrogens is 298 g/mol. The third-order valence-electron chi connectivity index (χ3n) is 2.64. The second-order valence-electron chi connectivity index (χ2n) is 3.77. The molecular formula is C13H6BrNO3. The highest BCUT2D eigenvalue weighted by molar-refractivity contribution is 9.10. The first-order valence-corrected chi connectivity index (χ1v) is 5.96. The van der Waals surface area contributed by atoms with Crippen LogP contribution in [0.4, 0.5) is 0 Å². The molecule has 0 spiro atoms. The van der Waals surface area contributed by atoms with E-state index in [1.165, 1.54) is 18.5 Å². The van der Waals surface area contributed by atoms with Gasteiger partial charge in [0.2, 0.25) is 10.9 Å². The fourth-order valence-corrected chi connectivity index (χ4v) is 2.14. The van der Waals surface area contributed by atoms with Gasteiger partial charge in [-0.25, -0.2) is 0 Å². The number of hydrogen-bond acceptors (Lipinski definition) is 4. The summed E-state index contributed by atoms with van der Waals surface area (Å²) in [5.74, 6) is 0. The highest BCUT2D eigenvalue weighted by atomic mass is 79.9. The van der Waals surface area contributed by atoms with Crippen LogP contribution >= 0.6 is 15.9 Å². The minimum absolute atomic E-state index is 0.238. The summed E-state index contributed by atoms with van der Waals surface area (Å²) in [6, 6.07) is 6.45. The predicted octanol–water partition coefficient (Wildman–Crippen LogP) is 2.46. The molecule has 0 bridgehead atoms. The molecule has 0 saturated heterocycles. The molecule has 18 heavy (non-hydrogen) atoms. The second kappa shape index (κ2) is 4.03. The van der Waals surface area contributed by atoms with E-state index in [0.29, 0.717) is 11.2 Å². The minimum atomic E-state index is -0.579. The molecule has 0 atom stereocenters. The first kappa shape index (κ1) is 11.1. The van der Waals surface area contributed by atoms with E-state index in [2.05, 4.69) is 20.9 Å². The van der Waals surface area contributed by atoms with Crippen molar-refractivity contribution >= 4 is 37.9 Å². The van der Waals surface area contributed by atoms with Crippen molar-refractivity contribution in [2.75, 3.05) is 0 Å². The third kappa shape index (κ3) is 1.64. The molecule has 4 nitrogen and oxygen atoms in total. The Morgan fingerprint density at radius 1 is 1.00 bits per heavy atom. The summed E-state index contributed by atoms with van der Waals surface area (Å²) < 4.78 is 6.29. The molecule has 3 rings (SSSR count). The van der Waals surface area contributed by atoms with Crippen LogP contribution in [0.25, 0.3) is 21.9 Å². The fraction of sp³-hybridized carbons (Fsp3) is 0. The van der Waals surface area contributed by atoms with Crippen LogP contribution in [-0.2, 0) is 0 Å². The summed E-state index contributed by atoms with van der Waals surface area (Å²) in [6.07, 6.45) is 2.89. The van der Waals surface area contributed by atoms with Gasteiger partial charge in [-0.3, -0.25) is 14.6 Å². The number of nitrogens with zero attached hydrogens (tertiary/aromatic N) is 1. The second-order valence-corrected chi connectivity index (χ2v) is 4.69. The predicted molar refractivity (Wildman–Crippen MR) is 71.8 cm³/mol. The van der Waals surface area contributed by atoms with Crippen molar-refractivity contribution in [3.05, 3.63) is 61.6 Å². The van der Waals surface area contributed by atoms with E-state index in [1.54, 1.807) is 18.2 Å². The van der Waals surface area contributed by atoms with Gasteiger partial charge in [-0.1, -0.05) is 15.9 Å². The molecule has 2 aromatic heterocycles. The lowest BCUT2D eigenvalue weighted by molar-refractivity contribution is 0.661. The van der Waals surface area contributed by atoms with Gasteiger partial charge >= 0.3 is 0 Å². The van der Waals surface area contributed by atoms with Crippen LogP contribution in [0.3, 0.4) is 0 Å². The molecule has 88 valence electrons. The zero-order valence-corrected chi connectivity index (χ0v) is 10.6. The Morgan fingerprint density at radius 2 is 1.78 bits per heavy atom. The summed E-state index contributed by atoms with van der Waals surface area (Å²) >= 11 is 3.27. The highest BCUT2D eigenvalue weighted by Crippen LogP contribution is 2.18. The van der Waals surface area contributed by atoms with Crippen LogP contribution in [0.2, 0.25) is 0 Å². The maximum Gasteiger partial charge on any atom is 0.237 e. The highest BCUT2D eigenvalue weighted by Gasteiger charge is 2.08. The van der Waals surface area contributed by atoms with Crippen molar-refractivity contribution < 1.29 is 4.42 Å². The number of pyridine rings is 1. The Bertz CT molecular complexity index is 886. The maximum absolute atomic E-state index is 12.1. The lowest BCUT2D eigenvalue weighted by atomic mass is 10.2. The smallest absolute Gasteiger partial charge is 0.237 e. The molecule has 0 aliphatic heterocycles. The molecule has 0 radical (unpaired) electrons. The molecule has 0 N–H and O–H groups in total. The average Bonchev–Trinajstić information content (AvgIpc) is 2.48. The van der Waals surface area contributed by atoms with E-state index in [9.17, 15) is 9.59 Å². The Hall–Kier alpha value is -2.01. The zero-order valence-electron chi connectivity index (χ0n) is 9.01. The van der Waals surface area contributed by atoms with Crippen molar-refractivity contribution in [2.24, 2.45) is 0 Å². The molecule has 0 amide bonds. The number of fused-ring (bicyclic) bond motifs is 2. The van der Waals surface area contributed by atoms with Gasteiger partial charge in [-0.2, -0.15) is 0 Å². The van der Waals surface area contributed by atoms with Gasteiger partial charge in [-0.05, 0) is 24.3 Å². The molecule has 0 aliphatic rings. The monoisotopic (exact) mass is 303 g/mol. The Kier molecular flexibility index (Phi) is 2.48. The number of aromatic nitrogens is 1. The van der Waals surface area contributed by atoms with Crippen molar-refractivity contribution in [1.29, 1.82) is 0 Å². The molecule has 0 unspecified atom stereocenters. The Balaban J connectivity index is 2.73. The summed E-state index contributed by atoms with van der Waals surface area (Å²) in [7, 11) is 0. The van der Waals surface area contributed by atoms with Crippen molar-refractivity contribution in [1.82, 2.24) is 4.98 Å². The summed E-state index contributed by atoms with van der Waals surface area (Å²) in [5, 5.41) is 0.493. The quantitative estimate of drug-likeness (QED) is 0.599. The lowest BCUT2D eigenvalue weighted by Gasteiger charge is -1.92. The first-order chi connectivity index (χ1) is 8.66. The van der Waals surface area contributed by atoms with E-state index in [1.807, 2.05) is 0 Å². The fourth-order valence-electron chi connectivity index (χ4n) is 1.78. The van der Waals surface area contributed by atoms with Gasteiger partial charge in [0, 0.05) is 10.7 Å². The normalized spacial score (nSPS) is 10.9.